The Hall–Kier alpha value is -3.00. The monoisotopic (exact) mass is 357 g/mol. The number of rotatable bonds is 2. The molecule has 2 aromatic heterocycles. The fourth-order valence-electron chi connectivity index (χ4n) is 3.58. The van der Waals surface area contributed by atoms with Gasteiger partial charge in [0.25, 0.3) is 0 Å². The summed E-state index contributed by atoms with van der Waals surface area (Å²) in [4.78, 5) is 30.2. The number of nitrogens with zero attached hydrogens (tertiary/aromatic N) is 3. The van der Waals surface area contributed by atoms with Gasteiger partial charge in [-0.2, -0.15) is 0 Å². The number of carboxylic acid groups (broad SMARTS) is 1. The maximum atomic E-state index is 14.5. The van der Waals surface area contributed by atoms with Gasteiger partial charge in [-0.3, -0.25) is 9.78 Å². The summed E-state index contributed by atoms with van der Waals surface area (Å²) in [6, 6.07) is 2.69. The third kappa shape index (κ3) is 2.33. The molecule has 1 unspecified atom stereocenters. The predicted molar refractivity (Wildman–Crippen MR) is 94.2 cm³/mol. The number of fused-ring (bicyclic) bond motifs is 3. The summed E-state index contributed by atoms with van der Waals surface area (Å²) in [5, 5.41) is 19.7. The van der Waals surface area contributed by atoms with Crippen molar-refractivity contribution in [1.82, 2.24) is 9.55 Å². The lowest BCUT2D eigenvalue weighted by molar-refractivity contribution is 0.0695. The van der Waals surface area contributed by atoms with Crippen LogP contribution in [-0.4, -0.2) is 44.9 Å². The van der Waals surface area contributed by atoms with E-state index in [2.05, 4.69) is 4.98 Å². The van der Waals surface area contributed by atoms with Crippen molar-refractivity contribution in [2.75, 3.05) is 18.0 Å². The molecule has 0 amide bonds. The van der Waals surface area contributed by atoms with Gasteiger partial charge in [0.1, 0.15) is 11.4 Å². The minimum atomic E-state index is -1.32. The average molecular weight is 357 g/mol. The molecular weight excluding hydrogens is 341 g/mol. The second-order valence-electron chi connectivity index (χ2n) is 6.49. The van der Waals surface area contributed by atoms with Crippen molar-refractivity contribution < 1.29 is 19.4 Å². The van der Waals surface area contributed by atoms with Crippen molar-refractivity contribution in [3.63, 3.8) is 0 Å². The molecule has 1 saturated heterocycles. The van der Waals surface area contributed by atoms with Gasteiger partial charge in [-0.25, -0.2) is 9.18 Å². The molecular formula is C18H16FN3O4. The highest BCUT2D eigenvalue weighted by Gasteiger charge is 2.26. The van der Waals surface area contributed by atoms with Crippen molar-refractivity contribution in [2.45, 2.75) is 12.5 Å². The zero-order valence-electron chi connectivity index (χ0n) is 13.9. The lowest BCUT2D eigenvalue weighted by Crippen LogP contribution is -2.23. The number of benzene rings is 1. The fourth-order valence-corrected chi connectivity index (χ4v) is 3.58. The van der Waals surface area contributed by atoms with Crippen LogP contribution in [0.1, 0.15) is 16.8 Å². The van der Waals surface area contributed by atoms with E-state index in [1.807, 2.05) is 0 Å². The van der Waals surface area contributed by atoms with Crippen LogP contribution in [0.5, 0.6) is 0 Å². The highest BCUT2D eigenvalue weighted by molar-refractivity contribution is 6.09. The molecule has 26 heavy (non-hydrogen) atoms. The zero-order chi connectivity index (χ0) is 18.6. The molecule has 0 aliphatic carbocycles. The third-order valence-corrected chi connectivity index (χ3v) is 4.83. The molecule has 7 nitrogen and oxygen atoms in total. The van der Waals surface area contributed by atoms with E-state index in [1.54, 1.807) is 11.9 Å². The number of aliphatic hydroxyl groups excluding tert-OH is 1. The SMILES string of the molecule is Cn1cc(C(=O)O)c(=O)c2c3ccc(F)c(N4CCC(O)C4)c3ncc21. The first-order chi connectivity index (χ1) is 12.4. The number of halogens is 1. The lowest BCUT2D eigenvalue weighted by atomic mass is 10.1. The van der Waals surface area contributed by atoms with Crippen molar-refractivity contribution in [1.29, 1.82) is 0 Å². The van der Waals surface area contributed by atoms with Gasteiger partial charge in [0.2, 0.25) is 5.43 Å². The average Bonchev–Trinajstić information content (AvgIpc) is 3.02. The van der Waals surface area contributed by atoms with Crippen LogP contribution < -0.4 is 10.3 Å². The Morgan fingerprint density at radius 1 is 1.38 bits per heavy atom. The molecule has 1 atom stereocenters. The van der Waals surface area contributed by atoms with Gasteiger partial charge in [0, 0.05) is 31.7 Å². The maximum absolute atomic E-state index is 14.5. The molecule has 134 valence electrons. The molecule has 1 aliphatic rings. The number of pyridine rings is 2. The van der Waals surface area contributed by atoms with E-state index in [9.17, 15) is 24.2 Å². The van der Waals surface area contributed by atoms with E-state index in [-0.39, 0.29) is 28.7 Å². The molecule has 4 rings (SSSR count). The van der Waals surface area contributed by atoms with Gasteiger partial charge in [0.15, 0.2) is 0 Å². The summed E-state index contributed by atoms with van der Waals surface area (Å²) < 4.78 is 16.1. The third-order valence-electron chi connectivity index (χ3n) is 4.83. The Labute approximate surface area is 146 Å². The van der Waals surface area contributed by atoms with E-state index in [1.165, 1.54) is 29.1 Å². The number of hydrogen-bond acceptors (Lipinski definition) is 5. The highest BCUT2D eigenvalue weighted by atomic mass is 19.1. The topological polar surface area (TPSA) is 95.7 Å². The van der Waals surface area contributed by atoms with Gasteiger partial charge in [-0.05, 0) is 18.6 Å². The number of anilines is 1. The van der Waals surface area contributed by atoms with Gasteiger partial charge < -0.3 is 19.7 Å². The highest BCUT2D eigenvalue weighted by Crippen LogP contribution is 2.33. The molecule has 3 heterocycles. The number of hydrogen-bond donors (Lipinski definition) is 2. The second kappa shape index (κ2) is 5.77. The number of carboxylic acids is 1. The van der Waals surface area contributed by atoms with Crippen LogP contribution in [0.4, 0.5) is 10.1 Å². The second-order valence-corrected chi connectivity index (χ2v) is 6.49. The van der Waals surface area contributed by atoms with E-state index in [0.29, 0.717) is 23.9 Å². The molecule has 1 aliphatic heterocycles. The van der Waals surface area contributed by atoms with Gasteiger partial charge in [-0.15, -0.1) is 0 Å². The first-order valence-corrected chi connectivity index (χ1v) is 8.15. The van der Waals surface area contributed by atoms with Crippen LogP contribution in [0.2, 0.25) is 0 Å². The number of aromatic carboxylic acids is 1. The number of β-amino-alcohol motifs (C(OH)–C–C–N with tert-alkyl or cyclic N) is 1. The fraction of sp³-hybridized carbons (Fsp3) is 0.278. The van der Waals surface area contributed by atoms with E-state index in [0.717, 1.165) is 0 Å². The maximum Gasteiger partial charge on any atom is 0.341 e. The Morgan fingerprint density at radius 2 is 2.15 bits per heavy atom. The van der Waals surface area contributed by atoms with Crippen molar-refractivity contribution in [3.8, 4) is 0 Å². The number of aliphatic hydroxyl groups is 1. The minimum Gasteiger partial charge on any atom is -0.477 e. The van der Waals surface area contributed by atoms with Gasteiger partial charge in [-0.1, -0.05) is 0 Å². The normalized spacial score (nSPS) is 17.3. The summed E-state index contributed by atoms with van der Waals surface area (Å²) in [5.41, 5.74) is -0.00605. The van der Waals surface area contributed by atoms with Crippen LogP contribution in [0.15, 0.2) is 29.3 Å². The lowest BCUT2D eigenvalue weighted by Gasteiger charge is -2.20. The Kier molecular flexibility index (Phi) is 3.66. The smallest absolute Gasteiger partial charge is 0.341 e. The number of carbonyl (C=O) groups is 1. The van der Waals surface area contributed by atoms with E-state index >= 15 is 0 Å². The van der Waals surface area contributed by atoms with Gasteiger partial charge in [0.05, 0.1) is 34.4 Å². The molecule has 0 saturated carbocycles. The van der Waals surface area contributed by atoms with Crippen molar-refractivity contribution in [3.05, 3.63) is 46.1 Å². The number of aromatic nitrogens is 2. The first kappa shape index (κ1) is 16.5. The molecule has 1 fully saturated rings. The molecule has 0 bridgehead atoms. The van der Waals surface area contributed by atoms with Crippen molar-refractivity contribution in [2.24, 2.45) is 7.05 Å². The van der Waals surface area contributed by atoms with E-state index < -0.39 is 23.3 Å². The van der Waals surface area contributed by atoms with Crippen LogP contribution in [0, 0.1) is 5.82 Å². The largest absolute Gasteiger partial charge is 0.477 e. The van der Waals surface area contributed by atoms with Crippen LogP contribution in [0.3, 0.4) is 0 Å². The molecule has 0 spiro atoms. The molecule has 3 aromatic rings. The zero-order valence-corrected chi connectivity index (χ0v) is 13.9. The van der Waals surface area contributed by atoms with E-state index in [4.69, 9.17) is 0 Å². The molecule has 0 radical (unpaired) electrons. The summed E-state index contributed by atoms with van der Waals surface area (Å²) >= 11 is 0. The predicted octanol–water partition coefficient (Wildman–Crippen LogP) is 1.50. The van der Waals surface area contributed by atoms with Gasteiger partial charge >= 0.3 is 5.97 Å². The Morgan fingerprint density at radius 3 is 2.81 bits per heavy atom. The minimum absolute atomic E-state index is 0.193. The Balaban J connectivity index is 2.11. The standard InChI is InChI=1S/C18H16FN3O4/c1-21-8-11(18(25)26)17(24)14-10-2-3-12(19)16(15(10)20-6-13(14)21)22-5-4-9(23)7-22/h2-3,6,8-9,23H,4-5,7H2,1H3,(H,25,26). The van der Waals surface area contributed by atoms with Crippen LogP contribution >= 0.6 is 0 Å². The molecule has 8 heteroatoms. The summed E-state index contributed by atoms with van der Waals surface area (Å²) in [6.07, 6.45) is 2.67. The first-order valence-electron chi connectivity index (χ1n) is 8.15. The quantitative estimate of drug-likeness (QED) is 0.675. The van der Waals surface area contributed by atoms with Crippen molar-refractivity contribution >= 4 is 33.5 Å². The van der Waals surface area contributed by atoms with Crippen LogP contribution in [-0.2, 0) is 7.05 Å². The molecule has 1 aromatic carbocycles. The molecule has 2 N–H and O–H groups in total. The summed E-state index contributed by atoms with van der Waals surface area (Å²) in [7, 11) is 1.63. The van der Waals surface area contributed by atoms with Crippen LogP contribution in [0.25, 0.3) is 21.8 Å². The number of aryl methyl sites for hydroxylation is 1. The Bertz CT molecular complexity index is 1130. The summed E-state index contributed by atoms with van der Waals surface area (Å²) in [6.45, 7) is 0.757. The summed E-state index contributed by atoms with van der Waals surface area (Å²) in [5.74, 6) is -1.81.